The lowest BCUT2D eigenvalue weighted by molar-refractivity contribution is 0.0960. The van der Waals surface area contributed by atoms with Crippen LogP contribution in [0.15, 0.2) is 18.2 Å². The minimum atomic E-state index is -0.510. The first kappa shape index (κ1) is 15.4. The second-order valence-electron chi connectivity index (χ2n) is 6.59. The van der Waals surface area contributed by atoms with Crippen LogP contribution in [0.3, 0.4) is 0 Å². The van der Waals surface area contributed by atoms with Gasteiger partial charge in [-0.1, -0.05) is 0 Å². The van der Waals surface area contributed by atoms with Crippen LogP contribution in [0.25, 0.3) is 0 Å². The molecule has 20 heavy (non-hydrogen) atoms. The normalized spacial score (nSPS) is 18.4. The van der Waals surface area contributed by atoms with Crippen LogP contribution in [0.1, 0.15) is 39.2 Å². The molecule has 0 atom stereocenters. The van der Waals surface area contributed by atoms with E-state index in [1.807, 2.05) is 0 Å². The second-order valence-corrected chi connectivity index (χ2v) is 6.59. The van der Waals surface area contributed by atoms with Crippen molar-refractivity contribution in [3.8, 4) is 0 Å². The van der Waals surface area contributed by atoms with Gasteiger partial charge in [0.1, 0.15) is 11.6 Å². The summed E-state index contributed by atoms with van der Waals surface area (Å²) in [5, 5.41) is 3.40. The molecule has 1 N–H and O–H groups in total. The first-order chi connectivity index (χ1) is 9.34. The fraction of sp³-hybridized carbons (Fsp3) is 0.625. The summed E-state index contributed by atoms with van der Waals surface area (Å²) < 4.78 is 26.2. The molecule has 1 aliphatic heterocycles. The number of likely N-dealkylation sites (tertiary alicyclic amines) is 1. The summed E-state index contributed by atoms with van der Waals surface area (Å²) in [5.74, 6) is -1.02. The Bertz CT molecular complexity index is 426. The molecular weight excluding hydrogens is 258 g/mol. The van der Waals surface area contributed by atoms with Gasteiger partial charge in [0.05, 0.1) is 0 Å². The maximum absolute atomic E-state index is 13.1. The molecule has 1 aromatic carbocycles. The third kappa shape index (κ3) is 4.25. The van der Waals surface area contributed by atoms with Crippen LogP contribution in [0.5, 0.6) is 0 Å². The summed E-state index contributed by atoms with van der Waals surface area (Å²) in [4.78, 5) is 2.48. The van der Waals surface area contributed by atoms with Gasteiger partial charge >= 0.3 is 0 Å². The molecular formula is C16H24F2N2. The third-order valence-electron chi connectivity index (χ3n) is 3.96. The van der Waals surface area contributed by atoms with E-state index in [9.17, 15) is 8.78 Å². The summed E-state index contributed by atoms with van der Waals surface area (Å²) in [6.07, 6.45) is 2.16. The van der Waals surface area contributed by atoms with Gasteiger partial charge in [0.2, 0.25) is 0 Å². The molecule has 0 amide bonds. The van der Waals surface area contributed by atoms with Crippen molar-refractivity contribution in [2.45, 2.75) is 51.7 Å². The molecule has 1 heterocycles. The van der Waals surface area contributed by atoms with Gasteiger partial charge in [0, 0.05) is 37.3 Å². The SMILES string of the molecule is CC(C)(C)N1CCC(NCc2cc(F)cc(F)c2)CC1. The molecule has 4 heteroatoms. The van der Waals surface area contributed by atoms with Crippen LogP contribution in [0.4, 0.5) is 8.78 Å². The van der Waals surface area contributed by atoms with Gasteiger partial charge in [-0.25, -0.2) is 8.78 Å². The Hall–Kier alpha value is -1.00. The van der Waals surface area contributed by atoms with E-state index in [4.69, 9.17) is 0 Å². The highest BCUT2D eigenvalue weighted by atomic mass is 19.1. The van der Waals surface area contributed by atoms with Crippen LogP contribution in [-0.4, -0.2) is 29.6 Å². The highest BCUT2D eigenvalue weighted by Crippen LogP contribution is 2.20. The second kappa shape index (κ2) is 6.19. The number of hydrogen-bond acceptors (Lipinski definition) is 2. The van der Waals surface area contributed by atoms with Crippen molar-refractivity contribution in [3.05, 3.63) is 35.4 Å². The van der Waals surface area contributed by atoms with Gasteiger partial charge in [-0.3, -0.25) is 4.90 Å². The van der Waals surface area contributed by atoms with E-state index in [2.05, 4.69) is 31.0 Å². The van der Waals surface area contributed by atoms with Gasteiger partial charge in [-0.05, 0) is 51.3 Å². The number of piperidine rings is 1. The van der Waals surface area contributed by atoms with Crippen molar-refractivity contribution in [2.24, 2.45) is 0 Å². The summed E-state index contributed by atoms with van der Waals surface area (Å²) in [5.41, 5.74) is 0.886. The lowest BCUT2D eigenvalue weighted by Gasteiger charge is -2.41. The zero-order valence-corrected chi connectivity index (χ0v) is 12.5. The van der Waals surface area contributed by atoms with Crippen molar-refractivity contribution in [1.82, 2.24) is 10.2 Å². The average molecular weight is 282 g/mol. The Balaban J connectivity index is 1.81. The smallest absolute Gasteiger partial charge is 0.126 e. The fourth-order valence-electron chi connectivity index (χ4n) is 2.73. The Labute approximate surface area is 120 Å². The highest BCUT2D eigenvalue weighted by molar-refractivity contribution is 5.17. The van der Waals surface area contributed by atoms with Crippen LogP contribution < -0.4 is 5.32 Å². The molecule has 0 saturated carbocycles. The van der Waals surface area contributed by atoms with E-state index in [1.54, 1.807) is 0 Å². The minimum absolute atomic E-state index is 0.219. The van der Waals surface area contributed by atoms with Crippen molar-refractivity contribution < 1.29 is 8.78 Å². The quantitative estimate of drug-likeness (QED) is 0.915. The number of nitrogens with one attached hydrogen (secondary N) is 1. The van der Waals surface area contributed by atoms with Crippen molar-refractivity contribution in [2.75, 3.05) is 13.1 Å². The van der Waals surface area contributed by atoms with E-state index < -0.39 is 11.6 Å². The maximum Gasteiger partial charge on any atom is 0.126 e. The summed E-state index contributed by atoms with van der Waals surface area (Å²) in [7, 11) is 0. The number of rotatable bonds is 3. The summed E-state index contributed by atoms with van der Waals surface area (Å²) >= 11 is 0. The molecule has 2 rings (SSSR count). The monoisotopic (exact) mass is 282 g/mol. The molecule has 2 nitrogen and oxygen atoms in total. The van der Waals surface area contributed by atoms with Crippen LogP contribution in [0, 0.1) is 11.6 Å². The Morgan fingerprint density at radius 1 is 1.10 bits per heavy atom. The average Bonchev–Trinajstić information content (AvgIpc) is 2.35. The van der Waals surface area contributed by atoms with Crippen molar-refractivity contribution >= 4 is 0 Å². The Morgan fingerprint density at radius 2 is 1.65 bits per heavy atom. The van der Waals surface area contributed by atoms with Gasteiger partial charge in [-0.15, -0.1) is 0 Å². The topological polar surface area (TPSA) is 15.3 Å². The molecule has 0 unspecified atom stereocenters. The van der Waals surface area contributed by atoms with Crippen molar-refractivity contribution in [3.63, 3.8) is 0 Å². The molecule has 0 aromatic heterocycles. The summed E-state index contributed by atoms with van der Waals surface area (Å²) in [6.45, 7) is 9.36. The molecule has 0 spiro atoms. The zero-order valence-electron chi connectivity index (χ0n) is 12.5. The molecule has 0 radical (unpaired) electrons. The van der Waals surface area contributed by atoms with Crippen LogP contribution in [-0.2, 0) is 6.54 Å². The van der Waals surface area contributed by atoms with Crippen LogP contribution >= 0.6 is 0 Å². The number of nitrogens with zero attached hydrogens (tertiary/aromatic N) is 1. The number of halogens is 2. The Morgan fingerprint density at radius 3 is 2.15 bits per heavy atom. The predicted molar refractivity (Wildman–Crippen MR) is 77.5 cm³/mol. The highest BCUT2D eigenvalue weighted by Gasteiger charge is 2.26. The first-order valence-electron chi connectivity index (χ1n) is 7.28. The Kier molecular flexibility index (Phi) is 4.76. The fourth-order valence-corrected chi connectivity index (χ4v) is 2.73. The van der Waals surface area contributed by atoms with Gasteiger partial charge in [0.25, 0.3) is 0 Å². The molecule has 1 aliphatic rings. The zero-order chi connectivity index (χ0) is 14.8. The molecule has 1 aromatic rings. The largest absolute Gasteiger partial charge is 0.310 e. The minimum Gasteiger partial charge on any atom is -0.310 e. The standard InChI is InChI=1S/C16H24F2N2/c1-16(2,3)20-6-4-15(5-7-20)19-11-12-8-13(17)10-14(18)9-12/h8-10,15,19H,4-7,11H2,1-3H3. The van der Waals surface area contributed by atoms with Gasteiger partial charge in [-0.2, -0.15) is 0 Å². The van der Waals surface area contributed by atoms with E-state index in [-0.39, 0.29) is 5.54 Å². The van der Waals surface area contributed by atoms with Gasteiger partial charge in [0.15, 0.2) is 0 Å². The molecule has 112 valence electrons. The molecule has 0 aliphatic carbocycles. The van der Waals surface area contributed by atoms with E-state index in [0.717, 1.165) is 32.0 Å². The van der Waals surface area contributed by atoms with E-state index in [0.29, 0.717) is 18.2 Å². The number of benzene rings is 1. The lowest BCUT2D eigenvalue weighted by atomic mass is 9.98. The summed E-state index contributed by atoms with van der Waals surface area (Å²) in [6, 6.07) is 4.12. The van der Waals surface area contributed by atoms with Crippen molar-refractivity contribution in [1.29, 1.82) is 0 Å². The van der Waals surface area contributed by atoms with Gasteiger partial charge < -0.3 is 5.32 Å². The van der Waals surface area contributed by atoms with E-state index in [1.165, 1.54) is 12.1 Å². The first-order valence-corrected chi connectivity index (χ1v) is 7.28. The van der Waals surface area contributed by atoms with E-state index >= 15 is 0 Å². The lowest BCUT2D eigenvalue weighted by Crippen LogP contribution is -2.49. The van der Waals surface area contributed by atoms with Crippen LogP contribution in [0.2, 0.25) is 0 Å². The molecule has 1 fully saturated rings. The predicted octanol–water partition coefficient (Wildman–Crippen LogP) is 3.32. The molecule has 0 bridgehead atoms. The third-order valence-corrected chi connectivity index (χ3v) is 3.96. The molecule has 1 saturated heterocycles. The maximum atomic E-state index is 13.1. The number of hydrogen-bond donors (Lipinski definition) is 1.